The molecular formula is C21H21ClN2O4. The molecule has 0 aromatic heterocycles. The van der Waals surface area contributed by atoms with Gasteiger partial charge in [0, 0.05) is 10.7 Å². The second-order valence-electron chi connectivity index (χ2n) is 6.27. The number of carbonyl (C=O) groups excluding carboxylic acids is 2. The molecule has 0 fully saturated rings. The largest absolute Gasteiger partial charge is 0.489 e. The summed E-state index contributed by atoms with van der Waals surface area (Å²) in [6, 6.07) is 13.7. The van der Waals surface area contributed by atoms with Gasteiger partial charge in [-0.05, 0) is 49.2 Å². The van der Waals surface area contributed by atoms with Crippen LogP contribution in [-0.4, -0.2) is 18.6 Å². The van der Waals surface area contributed by atoms with Crippen LogP contribution in [-0.2, 0) is 16.1 Å². The van der Waals surface area contributed by atoms with E-state index in [9.17, 15) is 9.59 Å². The second kappa shape index (κ2) is 8.80. The molecule has 0 saturated heterocycles. The van der Waals surface area contributed by atoms with Gasteiger partial charge in [-0.2, -0.15) is 0 Å². The number of amides is 2. The highest BCUT2D eigenvalue weighted by molar-refractivity contribution is 6.30. The summed E-state index contributed by atoms with van der Waals surface area (Å²) in [5.74, 6) is 0.220. The van der Waals surface area contributed by atoms with Crippen molar-refractivity contribution < 1.29 is 19.1 Å². The fraction of sp³-hybridized carbons (Fsp3) is 0.238. The Hall–Kier alpha value is -2.99. The van der Waals surface area contributed by atoms with Crippen LogP contribution in [0.15, 0.2) is 59.8 Å². The van der Waals surface area contributed by atoms with E-state index in [0.717, 1.165) is 11.1 Å². The van der Waals surface area contributed by atoms with E-state index in [2.05, 4.69) is 10.6 Å². The Kier molecular flexibility index (Phi) is 6.21. The molecule has 0 spiro atoms. The fourth-order valence-corrected chi connectivity index (χ4v) is 3.05. The van der Waals surface area contributed by atoms with Gasteiger partial charge >= 0.3 is 12.0 Å². The zero-order valence-electron chi connectivity index (χ0n) is 15.6. The highest BCUT2D eigenvalue weighted by Gasteiger charge is 2.32. The van der Waals surface area contributed by atoms with Crippen LogP contribution in [0, 0.1) is 0 Å². The predicted molar refractivity (Wildman–Crippen MR) is 106 cm³/mol. The maximum atomic E-state index is 12.3. The minimum Gasteiger partial charge on any atom is -0.489 e. The molecule has 1 aliphatic rings. The zero-order valence-corrected chi connectivity index (χ0v) is 16.4. The van der Waals surface area contributed by atoms with Crippen molar-refractivity contribution in [2.45, 2.75) is 26.5 Å². The predicted octanol–water partition coefficient (Wildman–Crippen LogP) is 4.11. The van der Waals surface area contributed by atoms with Crippen LogP contribution in [0.2, 0.25) is 5.02 Å². The number of halogens is 1. The van der Waals surface area contributed by atoms with Crippen LogP contribution in [0.4, 0.5) is 4.79 Å². The molecule has 0 saturated carbocycles. The minimum absolute atomic E-state index is 0.258. The van der Waals surface area contributed by atoms with E-state index in [1.807, 2.05) is 36.4 Å². The smallest absolute Gasteiger partial charge is 0.338 e. The first-order chi connectivity index (χ1) is 13.5. The summed E-state index contributed by atoms with van der Waals surface area (Å²) in [4.78, 5) is 24.2. The van der Waals surface area contributed by atoms with E-state index in [0.29, 0.717) is 28.6 Å². The lowest BCUT2D eigenvalue weighted by Crippen LogP contribution is -2.45. The Bertz CT molecular complexity index is 892. The van der Waals surface area contributed by atoms with Gasteiger partial charge in [0.25, 0.3) is 0 Å². The van der Waals surface area contributed by atoms with E-state index < -0.39 is 12.0 Å². The Labute approximate surface area is 168 Å². The molecule has 2 amide bonds. The third-order valence-corrected chi connectivity index (χ3v) is 4.55. The van der Waals surface area contributed by atoms with E-state index in [4.69, 9.17) is 21.1 Å². The van der Waals surface area contributed by atoms with E-state index in [1.54, 1.807) is 26.0 Å². The van der Waals surface area contributed by atoms with Gasteiger partial charge < -0.3 is 20.1 Å². The lowest BCUT2D eigenvalue weighted by atomic mass is 9.95. The molecule has 0 radical (unpaired) electrons. The minimum atomic E-state index is -0.585. The van der Waals surface area contributed by atoms with Crippen molar-refractivity contribution in [2.24, 2.45) is 0 Å². The number of carbonyl (C=O) groups is 2. The lowest BCUT2D eigenvalue weighted by Gasteiger charge is -2.28. The summed E-state index contributed by atoms with van der Waals surface area (Å²) in [7, 11) is 0. The molecule has 1 atom stereocenters. The molecule has 6 nitrogen and oxygen atoms in total. The van der Waals surface area contributed by atoms with E-state index in [1.165, 1.54) is 0 Å². The first-order valence-electron chi connectivity index (χ1n) is 8.90. The molecule has 0 aliphatic carbocycles. The summed E-state index contributed by atoms with van der Waals surface area (Å²) < 4.78 is 10.9. The summed E-state index contributed by atoms with van der Waals surface area (Å²) in [5, 5.41) is 6.07. The molecule has 1 aliphatic heterocycles. The van der Waals surface area contributed by atoms with Crippen molar-refractivity contribution in [2.75, 3.05) is 6.61 Å². The fourth-order valence-electron chi connectivity index (χ4n) is 2.93. The van der Waals surface area contributed by atoms with Crippen molar-refractivity contribution in [1.29, 1.82) is 0 Å². The quantitative estimate of drug-likeness (QED) is 0.715. The van der Waals surface area contributed by atoms with Crippen molar-refractivity contribution in [3.05, 3.63) is 76.0 Å². The van der Waals surface area contributed by atoms with Crippen molar-refractivity contribution in [1.82, 2.24) is 10.6 Å². The van der Waals surface area contributed by atoms with Crippen LogP contribution < -0.4 is 15.4 Å². The summed E-state index contributed by atoms with van der Waals surface area (Å²) in [6.07, 6.45) is 0. The highest BCUT2D eigenvalue weighted by atomic mass is 35.5. The average Bonchev–Trinajstić information content (AvgIpc) is 2.67. The molecule has 1 unspecified atom stereocenters. The van der Waals surface area contributed by atoms with Gasteiger partial charge in [-0.15, -0.1) is 0 Å². The molecule has 2 N–H and O–H groups in total. The molecule has 1 heterocycles. The number of benzene rings is 2. The van der Waals surface area contributed by atoms with Gasteiger partial charge in [0.05, 0.1) is 18.2 Å². The molecule has 0 bridgehead atoms. The number of rotatable bonds is 6. The molecule has 2 aromatic carbocycles. The topological polar surface area (TPSA) is 76.7 Å². The third kappa shape index (κ3) is 4.64. The molecule has 2 aromatic rings. The highest BCUT2D eigenvalue weighted by Crippen LogP contribution is 2.29. The van der Waals surface area contributed by atoms with Crippen LogP contribution in [0.5, 0.6) is 5.75 Å². The molecular weight excluding hydrogens is 380 g/mol. The summed E-state index contributed by atoms with van der Waals surface area (Å²) in [6.45, 7) is 4.09. The van der Waals surface area contributed by atoms with Gasteiger partial charge in [-0.3, -0.25) is 0 Å². The van der Waals surface area contributed by atoms with E-state index >= 15 is 0 Å². The number of ether oxygens (including phenoxy) is 2. The van der Waals surface area contributed by atoms with Crippen molar-refractivity contribution in [3.8, 4) is 5.75 Å². The second-order valence-corrected chi connectivity index (χ2v) is 6.71. The molecule has 28 heavy (non-hydrogen) atoms. The van der Waals surface area contributed by atoms with Crippen molar-refractivity contribution in [3.63, 3.8) is 0 Å². The summed E-state index contributed by atoms with van der Waals surface area (Å²) in [5.41, 5.74) is 2.63. The zero-order chi connectivity index (χ0) is 20.1. The summed E-state index contributed by atoms with van der Waals surface area (Å²) >= 11 is 5.88. The number of hydrogen-bond acceptors (Lipinski definition) is 4. The van der Waals surface area contributed by atoms with Crippen molar-refractivity contribution >= 4 is 23.6 Å². The lowest BCUT2D eigenvalue weighted by molar-refractivity contribution is -0.139. The first-order valence-corrected chi connectivity index (χ1v) is 9.28. The molecule has 146 valence electrons. The van der Waals surface area contributed by atoms with Crippen LogP contribution in [0.25, 0.3) is 0 Å². The van der Waals surface area contributed by atoms with Crippen LogP contribution in [0.3, 0.4) is 0 Å². The Morgan fingerprint density at radius 1 is 1.11 bits per heavy atom. The first kappa shape index (κ1) is 19.8. The van der Waals surface area contributed by atoms with Crippen LogP contribution >= 0.6 is 11.6 Å². The van der Waals surface area contributed by atoms with Gasteiger partial charge in [-0.25, -0.2) is 9.59 Å². The van der Waals surface area contributed by atoms with E-state index in [-0.39, 0.29) is 12.6 Å². The van der Waals surface area contributed by atoms with Gasteiger partial charge in [0.15, 0.2) is 0 Å². The Morgan fingerprint density at radius 2 is 1.79 bits per heavy atom. The Balaban J connectivity index is 1.75. The van der Waals surface area contributed by atoms with Gasteiger partial charge in [0.1, 0.15) is 12.4 Å². The average molecular weight is 401 g/mol. The maximum absolute atomic E-state index is 12.3. The van der Waals surface area contributed by atoms with Gasteiger partial charge in [-0.1, -0.05) is 35.9 Å². The number of allylic oxidation sites excluding steroid dienone is 1. The SMILES string of the molecule is CCOC(=O)C1=C(C)NC(=O)NC1c1ccc(OCc2ccc(Cl)cc2)cc1. The number of urea groups is 1. The van der Waals surface area contributed by atoms with Crippen LogP contribution in [0.1, 0.15) is 31.0 Å². The number of hydrogen-bond donors (Lipinski definition) is 2. The third-order valence-electron chi connectivity index (χ3n) is 4.30. The van der Waals surface area contributed by atoms with Gasteiger partial charge in [0.2, 0.25) is 0 Å². The normalized spacial score (nSPS) is 16.2. The maximum Gasteiger partial charge on any atom is 0.338 e. The molecule has 7 heteroatoms. The number of esters is 1. The monoisotopic (exact) mass is 400 g/mol. The molecule has 3 rings (SSSR count). The standard InChI is InChI=1S/C21H21ClN2O4/c1-3-27-20(25)18-13(2)23-21(26)24-19(18)15-6-10-17(11-7-15)28-12-14-4-8-16(22)9-5-14/h4-11,19H,3,12H2,1-2H3,(H2,23,24,26). The Morgan fingerprint density at radius 3 is 2.43 bits per heavy atom. The number of nitrogens with one attached hydrogen (secondary N) is 2.